The van der Waals surface area contributed by atoms with E-state index < -0.39 is 31.3 Å². The van der Waals surface area contributed by atoms with Crippen LogP contribution in [0, 0.1) is 0 Å². The second kappa shape index (κ2) is 9.60. The van der Waals surface area contributed by atoms with Crippen molar-refractivity contribution in [1.82, 2.24) is 24.1 Å². The molecule has 1 saturated heterocycles. The highest BCUT2D eigenvalue weighted by Crippen LogP contribution is 2.57. The molecule has 0 radical (unpaired) electrons. The lowest BCUT2D eigenvalue weighted by molar-refractivity contribution is -0.125. The van der Waals surface area contributed by atoms with Crippen LogP contribution in [0.4, 0.5) is 5.69 Å². The number of nitrogens with one attached hydrogen (secondary N) is 2. The molecule has 2 aromatic carbocycles. The molecule has 2 unspecified atom stereocenters. The molecule has 0 aliphatic carbocycles. The number of benzene rings is 2. The summed E-state index contributed by atoms with van der Waals surface area (Å²) in [5.74, 6) is -0.805. The zero-order valence-electron chi connectivity index (χ0n) is 21.6. The molecule has 1 aromatic heterocycles. The Kier molecular flexibility index (Phi) is 6.71. The van der Waals surface area contributed by atoms with E-state index in [-0.39, 0.29) is 17.5 Å². The first-order valence-electron chi connectivity index (χ1n) is 12.6. The summed E-state index contributed by atoms with van der Waals surface area (Å²) in [6.45, 7) is 4.76. The van der Waals surface area contributed by atoms with Crippen LogP contribution in [0.2, 0.25) is 5.02 Å². The summed E-state index contributed by atoms with van der Waals surface area (Å²) < 4.78 is 29.3. The number of aromatic nitrogens is 2. The number of fused-ring (bicyclic) bond motifs is 2. The zero-order chi connectivity index (χ0) is 27.3. The lowest BCUT2D eigenvalue weighted by atomic mass is 9.70. The average molecular weight is 557 g/mol. The molecule has 9 nitrogen and oxygen atoms in total. The van der Waals surface area contributed by atoms with E-state index in [1.54, 1.807) is 35.9 Å². The number of rotatable bonds is 5. The van der Waals surface area contributed by atoms with Crippen molar-refractivity contribution in [2.45, 2.75) is 49.7 Å². The Morgan fingerprint density at radius 2 is 1.92 bits per heavy atom. The van der Waals surface area contributed by atoms with Crippen LogP contribution in [-0.4, -0.2) is 48.9 Å². The first-order valence-corrected chi connectivity index (χ1v) is 14.4. The Morgan fingerprint density at radius 3 is 2.55 bits per heavy atom. The molecule has 3 aromatic rings. The fourth-order valence-electron chi connectivity index (χ4n) is 6.25. The Balaban J connectivity index is 1.63. The molecule has 1 fully saturated rings. The summed E-state index contributed by atoms with van der Waals surface area (Å²) in [5, 5.41) is 6.67. The summed E-state index contributed by atoms with van der Waals surface area (Å²) in [5.41, 5.74) is 1.69. The predicted octanol–water partition coefficient (Wildman–Crippen LogP) is 3.27. The number of piperidine rings is 1. The van der Waals surface area contributed by atoms with E-state index >= 15 is 0 Å². The Bertz CT molecular complexity index is 1530. The van der Waals surface area contributed by atoms with Crippen LogP contribution in [-0.2, 0) is 33.8 Å². The Hall–Kier alpha value is -3.05. The van der Waals surface area contributed by atoms with Crippen molar-refractivity contribution in [3.8, 4) is 0 Å². The fraction of sp³-hybridized carbons (Fsp3) is 0.370. The maximum Gasteiger partial charge on any atom is 0.358 e. The molecule has 200 valence electrons. The van der Waals surface area contributed by atoms with Crippen molar-refractivity contribution < 1.29 is 18.0 Å². The minimum atomic E-state index is -4.28. The molecule has 3 heterocycles. The molecule has 2 aliphatic heterocycles. The van der Waals surface area contributed by atoms with E-state index in [9.17, 15) is 18.0 Å². The van der Waals surface area contributed by atoms with Gasteiger partial charge < -0.3 is 15.2 Å². The van der Waals surface area contributed by atoms with Crippen LogP contribution in [0.25, 0.3) is 0 Å². The van der Waals surface area contributed by atoms with E-state index in [1.165, 1.54) is 19.4 Å². The molecule has 2 amide bonds. The topological polar surface area (TPSA) is 110 Å². The molecule has 2 N–H and O–H groups in total. The van der Waals surface area contributed by atoms with Gasteiger partial charge in [0.25, 0.3) is 5.91 Å². The van der Waals surface area contributed by atoms with Gasteiger partial charge in [0.15, 0.2) is 5.69 Å². The van der Waals surface area contributed by atoms with Gasteiger partial charge in [0.2, 0.25) is 5.03 Å². The van der Waals surface area contributed by atoms with Crippen molar-refractivity contribution in [2.75, 3.05) is 13.1 Å². The SMILES string of the molecule is CC(=O)[N+]1(S(=O)(=O)c2cn(C)cn2)c2ccc(C(=O)NCc3ccccc3Cl)cc2C2(CCNCC2)C1C. The van der Waals surface area contributed by atoms with Crippen molar-refractivity contribution in [3.05, 3.63) is 76.7 Å². The summed E-state index contributed by atoms with van der Waals surface area (Å²) in [6, 6.07) is 11.7. The number of hydrogen-bond donors (Lipinski definition) is 2. The number of halogens is 1. The van der Waals surface area contributed by atoms with Gasteiger partial charge in [-0.1, -0.05) is 29.8 Å². The van der Waals surface area contributed by atoms with Gasteiger partial charge in [0, 0.05) is 42.0 Å². The number of sulfonamides is 1. The molecule has 0 saturated carbocycles. The molecule has 0 bridgehead atoms. The van der Waals surface area contributed by atoms with E-state index in [2.05, 4.69) is 15.6 Å². The number of carbonyl (C=O) groups is 2. The molecule has 5 rings (SSSR count). The number of hydrogen-bond acceptors (Lipinski definition) is 6. The van der Waals surface area contributed by atoms with Gasteiger partial charge in [0.1, 0.15) is 6.04 Å². The quantitative estimate of drug-likeness (QED) is 0.467. The minimum absolute atomic E-state index is 0.152. The number of amides is 2. The van der Waals surface area contributed by atoms with Gasteiger partial charge >= 0.3 is 15.9 Å². The van der Waals surface area contributed by atoms with Crippen LogP contribution in [0.15, 0.2) is 60.0 Å². The first-order chi connectivity index (χ1) is 18.1. The number of imidazole rings is 1. The second-order valence-corrected chi connectivity index (χ2v) is 12.5. The van der Waals surface area contributed by atoms with Crippen LogP contribution < -0.4 is 14.5 Å². The lowest BCUT2D eigenvalue weighted by Crippen LogP contribution is -2.65. The van der Waals surface area contributed by atoms with Gasteiger partial charge in [-0.2, -0.15) is 8.42 Å². The number of nitrogens with zero attached hydrogens (tertiary/aromatic N) is 3. The van der Waals surface area contributed by atoms with E-state index in [4.69, 9.17) is 11.6 Å². The van der Waals surface area contributed by atoms with Gasteiger partial charge in [-0.15, -0.1) is 3.89 Å². The molecular weight excluding hydrogens is 526 g/mol. The van der Waals surface area contributed by atoms with Crippen molar-refractivity contribution in [2.24, 2.45) is 7.05 Å². The summed E-state index contributed by atoms with van der Waals surface area (Å²) in [6.07, 6.45) is 4.11. The number of quaternary nitrogens is 1. The van der Waals surface area contributed by atoms with E-state index in [0.717, 1.165) is 11.1 Å². The standard InChI is InChI=1S/C27H30ClN5O4S/c1-18-27(10-12-29-13-11-27)22-14-20(26(35)30-15-21-6-4-5-7-23(21)28)8-9-24(22)33(18,19(2)34)38(36,37)25-16-32(3)17-31-25/h4-9,14,16-18,29H,10-13,15H2,1-3H3/p+1. The van der Waals surface area contributed by atoms with Gasteiger partial charge in [-0.05, 0) is 56.6 Å². The third-order valence-electron chi connectivity index (χ3n) is 8.18. The number of carbonyl (C=O) groups excluding carboxylic acids is 2. The molecule has 2 atom stereocenters. The molecule has 38 heavy (non-hydrogen) atoms. The zero-order valence-corrected chi connectivity index (χ0v) is 23.1. The van der Waals surface area contributed by atoms with E-state index in [0.29, 0.717) is 42.2 Å². The highest BCUT2D eigenvalue weighted by atomic mass is 35.5. The van der Waals surface area contributed by atoms with E-state index in [1.807, 2.05) is 25.1 Å². The predicted molar refractivity (Wildman–Crippen MR) is 145 cm³/mol. The third kappa shape index (κ3) is 3.81. The highest BCUT2D eigenvalue weighted by Gasteiger charge is 2.68. The highest BCUT2D eigenvalue weighted by molar-refractivity contribution is 7.91. The first kappa shape index (κ1) is 26.6. The van der Waals surface area contributed by atoms with Crippen LogP contribution in [0.1, 0.15) is 48.2 Å². The Morgan fingerprint density at radius 1 is 1.21 bits per heavy atom. The van der Waals surface area contributed by atoms with Gasteiger partial charge in [-0.3, -0.25) is 4.79 Å². The normalized spacial score (nSPS) is 22.3. The number of aryl methyl sites for hydroxylation is 1. The third-order valence-corrected chi connectivity index (χ3v) is 10.8. The second-order valence-electron chi connectivity index (χ2n) is 10.1. The van der Waals surface area contributed by atoms with Crippen LogP contribution >= 0.6 is 11.6 Å². The molecule has 1 spiro atoms. The smallest absolute Gasteiger partial charge is 0.348 e. The largest absolute Gasteiger partial charge is 0.358 e. The monoisotopic (exact) mass is 556 g/mol. The van der Waals surface area contributed by atoms with Crippen LogP contribution in [0.3, 0.4) is 0 Å². The summed E-state index contributed by atoms with van der Waals surface area (Å²) in [4.78, 5) is 30.9. The maximum atomic E-state index is 14.3. The van der Waals surface area contributed by atoms with Gasteiger partial charge in [0.05, 0.1) is 18.7 Å². The summed E-state index contributed by atoms with van der Waals surface area (Å²) >= 11 is 6.24. The average Bonchev–Trinajstić information content (AvgIpc) is 3.43. The van der Waals surface area contributed by atoms with Crippen molar-refractivity contribution in [3.63, 3.8) is 0 Å². The Labute approximate surface area is 227 Å². The maximum absolute atomic E-state index is 14.3. The van der Waals surface area contributed by atoms with Crippen LogP contribution in [0.5, 0.6) is 0 Å². The summed E-state index contributed by atoms with van der Waals surface area (Å²) in [7, 11) is -2.59. The fourth-order valence-corrected chi connectivity index (χ4v) is 8.60. The molecular formula is C27H31ClN5O4S+. The molecule has 2 aliphatic rings. The van der Waals surface area contributed by atoms with Gasteiger partial charge in [-0.25, -0.2) is 9.78 Å². The molecule has 11 heteroatoms. The van der Waals surface area contributed by atoms with Crippen molar-refractivity contribution >= 4 is 39.1 Å². The minimum Gasteiger partial charge on any atom is -0.348 e. The lowest BCUT2D eigenvalue weighted by Gasteiger charge is -2.41. The van der Waals surface area contributed by atoms with Crippen molar-refractivity contribution in [1.29, 1.82) is 0 Å².